The maximum absolute atomic E-state index is 12.6. The van der Waals surface area contributed by atoms with Crippen molar-refractivity contribution in [1.29, 1.82) is 0 Å². The van der Waals surface area contributed by atoms with Crippen LogP contribution in [0.2, 0.25) is 0 Å². The van der Waals surface area contributed by atoms with Crippen molar-refractivity contribution in [3.63, 3.8) is 0 Å². The van der Waals surface area contributed by atoms with Crippen molar-refractivity contribution in [2.75, 3.05) is 6.54 Å². The Kier molecular flexibility index (Phi) is 2.82. The van der Waals surface area contributed by atoms with Crippen LogP contribution in [0.5, 0.6) is 0 Å². The van der Waals surface area contributed by atoms with Gasteiger partial charge in [0.05, 0.1) is 5.41 Å². The molecule has 0 unspecified atom stereocenters. The van der Waals surface area contributed by atoms with Crippen LogP contribution in [0.3, 0.4) is 0 Å². The molecule has 0 aromatic carbocycles. The van der Waals surface area contributed by atoms with Gasteiger partial charge in [0.1, 0.15) is 0 Å². The smallest absolute Gasteiger partial charge is 0.230 e. The summed E-state index contributed by atoms with van der Waals surface area (Å²) in [7, 11) is 0. The number of hydrogen-bond donors (Lipinski definition) is 1. The normalized spacial score (nSPS) is 20.5. The van der Waals surface area contributed by atoms with E-state index in [1.807, 2.05) is 17.0 Å². The Morgan fingerprint density at radius 1 is 1.39 bits per heavy atom. The second-order valence-electron chi connectivity index (χ2n) is 5.50. The first-order valence-corrected chi connectivity index (χ1v) is 6.65. The molecule has 4 nitrogen and oxygen atoms in total. The first-order valence-electron chi connectivity index (χ1n) is 6.65. The van der Waals surface area contributed by atoms with E-state index in [0.717, 1.165) is 31.2 Å². The number of nitrogens with two attached hydrogens (primary N) is 1. The summed E-state index contributed by atoms with van der Waals surface area (Å²) in [5.41, 5.74) is 6.69. The molecule has 2 saturated carbocycles. The average molecular weight is 245 g/mol. The van der Waals surface area contributed by atoms with E-state index in [-0.39, 0.29) is 11.3 Å². The van der Waals surface area contributed by atoms with Gasteiger partial charge in [-0.05, 0) is 43.4 Å². The molecule has 0 spiro atoms. The lowest BCUT2D eigenvalue weighted by Gasteiger charge is -2.27. The molecule has 2 aliphatic carbocycles. The van der Waals surface area contributed by atoms with Crippen LogP contribution in [0.15, 0.2) is 24.5 Å². The molecular formula is C14H19N3O. The van der Waals surface area contributed by atoms with Gasteiger partial charge in [-0.1, -0.05) is 0 Å². The van der Waals surface area contributed by atoms with Crippen molar-refractivity contribution in [3.05, 3.63) is 30.1 Å². The van der Waals surface area contributed by atoms with E-state index in [2.05, 4.69) is 4.98 Å². The van der Waals surface area contributed by atoms with Crippen LogP contribution in [-0.4, -0.2) is 28.4 Å². The van der Waals surface area contributed by atoms with Crippen LogP contribution in [0.25, 0.3) is 0 Å². The number of amides is 1. The summed E-state index contributed by atoms with van der Waals surface area (Å²) in [6, 6.07) is 4.39. The molecule has 2 aliphatic rings. The highest BCUT2D eigenvalue weighted by atomic mass is 16.2. The maximum Gasteiger partial charge on any atom is 0.230 e. The lowest BCUT2D eigenvalue weighted by Crippen LogP contribution is -2.41. The third-order valence-corrected chi connectivity index (χ3v) is 4.05. The highest BCUT2D eigenvalue weighted by Gasteiger charge is 2.52. The van der Waals surface area contributed by atoms with Crippen molar-refractivity contribution in [1.82, 2.24) is 9.88 Å². The molecule has 18 heavy (non-hydrogen) atoms. The zero-order chi connectivity index (χ0) is 12.6. The summed E-state index contributed by atoms with van der Waals surface area (Å²) in [5.74, 6) is 0.268. The van der Waals surface area contributed by atoms with Gasteiger partial charge in [0.2, 0.25) is 5.91 Å². The van der Waals surface area contributed by atoms with Crippen molar-refractivity contribution in [3.8, 4) is 0 Å². The number of carbonyl (C=O) groups excluding carboxylic acids is 1. The molecule has 96 valence electrons. The van der Waals surface area contributed by atoms with Gasteiger partial charge in [-0.15, -0.1) is 0 Å². The molecule has 1 aromatic heterocycles. The summed E-state index contributed by atoms with van der Waals surface area (Å²) in [6.45, 7) is 1.19. The van der Waals surface area contributed by atoms with E-state index < -0.39 is 0 Å². The topological polar surface area (TPSA) is 59.2 Å². The average Bonchev–Trinajstić information content (AvgIpc) is 3.30. The fourth-order valence-corrected chi connectivity index (χ4v) is 2.40. The van der Waals surface area contributed by atoms with E-state index >= 15 is 0 Å². The summed E-state index contributed by atoms with van der Waals surface area (Å²) in [4.78, 5) is 18.6. The third-order valence-electron chi connectivity index (χ3n) is 4.05. The summed E-state index contributed by atoms with van der Waals surface area (Å²) in [6.07, 6.45) is 7.75. The Bertz CT molecular complexity index is 438. The predicted octanol–water partition coefficient (Wildman–Crippen LogP) is 1.31. The summed E-state index contributed by atoms with van der Waals surface area (Å²) < 4.78 is 0. The second-order valence-corrected chi connectivity index (χ2v) is 5.50. The molecule has 1 amide bonds. The van der Waals surface area contributed by atoms with E-state index in [1.54, 1.807) is 12.4 Å². The molecule has 0 saturated heterocycles. The van der Waals surface area contributed by atoms with Gasteiger partial charge < -0.3 is 10.6 Å². The maximum atomic E-state index is 12.6. The zero-order valence-electron chi connectivity index (χ0n) is 10.5. The van der Waals surface area contributed by atoms with Gasteiger partial charge in [-0.25, -0.2) is 0 Å². The summed E-state index contributed by atoms with van der Waals surface area (Å²) >= 11 is 0. The molecular weight excluding hydrogens is 226 g/mol. The lowest BCUT2D eigenvalue weighted by atomic mass is 10.1. The van der Waals surface area contributed by atoms with Crippen molar-refractivity contribution in [2.45, 2.75) is 38.3 Å². The minimum Gasteiger partial charge on any atom is -0.335 e. The minimum absolute atomic E-state index is 0.227. The quantitative estimate of drug-likeness (QED) is 0.851. The second kappa shape index (κ2) is 4.35. The highest BCUT2D eigenvalue weighted by molar-refractivity contribution is 5.86. The molecule has 2 fully saturated rings. The van der Waals surface area contributed by atoms with Gasteiger partial charge in [0.15, 0.2) is 0 Å². The van der Waals surface area contributed by atoms with Gasteiger partial charge in [0.25, 0.3) is 0 Å². The van der Waals surface area contributed by atoms with Crippen LogP contribution >= 0.6 is 0 Å². The SMILES string of the molecule is NCC1(C(=O)N(Cc2ccncc2)C2CC2)CC1. The summed E-state index contributed by atoms with van der Waals surface area (Å²) in [5, 5.41) is 0. The van der Waals surface area contributed by atoms with Gasteiger partial charge in [-0.3, -0.25) is 9.78 Å². The number of nitrogens with zero attached hydrogens (tertiary/aromatic N) is 2. The Hall–Kier alpha value is -1.42. The molecule has 1 aromatic rings. The molecule has 0 bridgehead atoms. The zero-order valence-corrected chi connectivity index (χ0v) is 10.5. The van der Waals surface area contributed by atoms with Crippen LogP contribution in [0.4, 0.5) is 0 Å². The van der Waals surface area contributed by atoms with E-state index in [9.17, 15) is 4.79 Å². The molecule has 0 aliphatic heterocycles. The van der Waals surface area contributed by atoms with Crippen LogP contribution < -0.4 is 5.73 Å². The minimum atomic E-state index is -0.227. The Balaban J connectivity index is 1.75. The van der Waals surface area contributed by atoms with Crippen molar-refractivity contribution >= 4 is 5.91 Å². The predicted molar refractivity (Wildman–Crippen MR) is 68.5 cm³/mol. The number of hydrogen-bond acceptors (Lipinski definition) is 3. The monoisotopic (exact) mass is 245 g/mol. The number of rotatable bonds is 5. The van der Waals surface area contributed by atoms with Crippen LogP contribution in [0, 0.1) is 5.41 Å². The van der Waals surface area contributed by atoms with Crippen LogP contribution in [0.1, 0.15) is 31.2 Å². The standard InChI is InChI=1S/C14H19N3O/c15-10-14(5-6-14)13(18)17(12-1-2-12)9-11-3-7-16-8-4-11/h3-4,7-8,12H,1-2,5-6,9-10,15H2. The van der Waals surface area contributed by atoms with Gasteiger partial charge >= 0.3 is 0 Å². The third kappa shape index (κ3) is 2.12. The molecule has 2 N–H and O–H groups in total. The van der Waals surface area contributed by atoms with Crippen molar-refractivity contribution < 1.29 is 4.79 Å². The lowest BCUT2D eigenvalue weighted by molar-refractivity contribution is -0.137. The fourth-order valence-electron chi connectivity index (χ4n) is 2.40. The molecule has 3 rings (SSSR count). The molecule has 0 radical (unpaired) electrons. The van der Waals surface area contributed by atoms with E-state index in [1.165, 1.54) is 0 Å². The first-order chi connectivity index (χ1) is 8.75. The Morgan fingerprint density at radius 3 is 2.56 bits per heavy atom. The number of pyridine rings is 1. The number of carbonyl (C=O) groups is 1. The fraction of sp³-hybridized carbons (Fsp3) is 0.571. The van der Waals surface area contributed by atoms with Crippen LogP contribution in [-0.2, 0) is 11.3 Å². The van der Waals surface area contributed by atoms with E-state index in [0.29, 0.717) is 19.1 Å². The van der Waals surface area contributed by atoms with Crippen molar-refractivity contribution in [2.24, 2.45) is 11.1 Å². The molecule has 4 heteroatoms. The number of aromatic nitrogens is 1. The highest BCUT2D eigenvalue weighted by Crippen LogP contribution is 2.48. The Labute approximate surface area is 107 Å². The van der Waals surface area contributed by atoms with Gasteiger partial charge in [-0.2, -0.15) is 0 Å². The first kappa shape index (κ1) is 11.7. The van der Waals surface area contributed by atoms with Gasteiger partial charge in [0, 0.05) is 31.5 Å². The van der Waals surface area contributed by atoms with E-state index in [4.69, 9.17) is 5.73 Å². The molecule has 1 heterocycles. The Morgan fingerprint density at radius 2 is 2.06 bits per heavy atom. The largest absolute Gasteiger partial charge is 0.335 e. The molecule has 0 atom stereocenters.